The third kappa shape index (κ3) is 5.56. The van der Waals surface area contributed by atoms with E-state index in [1.807, 2.05) is 31.2 Å². The summed E-state index contributed by atoms with van der Waals surface area (Å²) >= 11 is 0. The molecule has 0 aliphatic heterocycles. The van der Waals surface area contributed by atoms with Gasteiger partial charge in [-0.3, -0.25) is 0 Å². The van der Waals surface area contributed by atoms with Crippen LogP contribution >= 0.6 is 0 Å². The van der Waals surface area contributed by atoms with Crippen LogP contribution in [0.1, 0.15) is 38.2 Å². The first-order chi connectivity index (χ1) is 10.7. The number of aliphatic hydroxyl groups is 1. The Kier molecular flexibility index (Phi) is 6.52. The summed E-state index contributed by atoms with van der Waals surface area (Å²) in [6.45, 7) is 3.67. The molecular weight excluding hydrogens is 280 g/mol. The Morgan fingerprint density at radius 1 is 1.36 bits per heavy atom. The molecule has 1 aromatic rings. The number of rotatable bonds is 6. The number of carbonyl (C=O) groups excluding carboxylic acids is 1. The van der Waals surface area contributed by atoms with Gasteiger partial charge in [-0.15, -0.1) is 0 Å². The van der Waals surface area contributed by atoms with Crippen LogP contribution in [0.25, 0.3) is 0 Å². The van der Waals surface area contributed by atoms with Crippen molar-refractivity contribution in [2.24, 2.45) is 5.92 Å². The highest BCUT2D eigenvalue weighted by Gasteiger charge is 2.20. The number of hydrogen-bond donors (Lipinski definition) is 3. The predicted molar refractivity (Wildman–Crippen MR) is 85.8 cm³/mol. The zero-order chi connectivity index (χ0) is 15.8. The maximum atomic E-state index is 11.8. The molecule has 2 atom stereocenters. The lowest BCUT2D eigenvalue weighted by atomic mass is 9.87. The van der Waals surface area contributed by atoms with E-state index >= 15 is 0 Å². The molecule has 0 radical (unpaired) electrons. The van der Waals surface area contributed by atoms with Gasteiger partial charge in [0, 0.05) is 13.1 Å². The first-order valence-electron chi connectivity index (χ1n) is 8.09. The van der Waals surface area contributed by atoms with Gasteiger partial charge in [0.25, 0.3) is 0 Å². The third-order valence-corrected chi connectivity index (χ3v) is 3.97. The lowest BCUT2D eigenvalue weighted by molar-refractivity contribution is 0.101. The molecule has 1 aromatic carbocycles. The van der Waals surface area contributed by atoms with Crippen LogP contribution in [0.15, 0.2) is 24.3 Å². The van der Waals surface area contributed by atoms with E-state index in [-0.39, 0.29) is 12.1 Å². The number of carbonyl (C=O) groups is 1. The van der Waals surface area contributed by atoms with Gasteiger partial charge in [0.1, 0.15) is 5.75 Å². The molecule has 1 aliphatic rings. The number of nitrogens with one attached hydrogen (secondary N) is 2. The standard InChI is InChI=1S/C17H26N2O3/c1-2-22-16-8-4-6-14(10-16)12-19-17(21)18-11-13-5-3-7-15(20)9-13/h4,6,8,10,13,15,20H,2-3,5,7,9,11-12H2,1H3,(H2,18,19,21). The first kappa shape index (κ1) is 16.6. The molecule has 5 nitrogen and oxygen atoms in total. The molecule has 1 fully saturated rings. The van der Waals surface area contributed by atoms with Gasteiger partial charge in [0.15, 0.2) is 0 Å². The zero-order valence-corrected chi connectivity index (χ0v) is 13.2. The number of aliphatic hydroxyl groups excluding tert-OH is 1. The zero-order valence-electron chi connectivity index (χ0n) is 13.2. The number of hydrogen-bond acceptors (Lipinski definition) is 3. The Hall–Kier alpha value is -1.75. The van der Waals surface area contributed by atoms with Crippen molar-refractivity contribution >= 4 is 6.03 Å². The first-order valence-corrected chi connectivity index (χ1v) is 8.09. The van der Waals surface area contributed by atoms with Crippen molar-refractivity contribution in [3.05, 3.63) is 29.8 Å². The monoisotopic (exact) mass is 306 g/mol. The predicted octanol–water partition coefficient (Wildman–Crippen LogP) is 2.44. The fraction of sp³-hybridized carbons (Fsp3) is 0.588. The summed E-state index contributed by atoms with van der Waals surface area (Å²) in [4.78, 5) is 11.8. The van der Waals surface area contributed by atoms with Crippen LogP contribution in [0.4, 0.5) is 4.79 Å². The molecule has 0 bridgehead atoms. The summed E-state index contributed by atoms with van der Waals surface area (Å²) < 4.78 is 5.44. The molecular formula is C17H26N2O3. The molecule has 1 aliphatic carbocycles. The molecule has 2 amide bonds. The van der Waals surface area contributed by atoms with E-state index in [0.717, 1.165) is 37.0 Å². The van der Waals surface area contributed by atoms with E-state index in [1.54, 1.807) is 0 Å². The molecule has 2 rings (SSSR count). The van der Waals surface area contributed by atoms with Crippen molar-refractivity contribution in [3.8, 4) is 5.75 Å². The van der Waals surface area contributed by atoms with Crippen molar-refractivity contribution in [3.63, 3.8) is 0 Å². The Morgan fingerprint density at radius 3 is 3.00 bits per heavy atom. The van der Waals surface area contributed by atoms with Gasteiger partial charge in [-0.25, -0.2) is 4.79 Å². The second kappa shape index (κ2) is 8.63. The summed E-state index contributed by atoms with van der Waals surface area (Å²) in [5.41, 5.74) is 1.01. The van der Waals surface area contributed by atoms with Gasteiger partial charge in [-0.2, -0.15) is 0 Å². The maximum Gasteiger partial charge on any atom is 0.315 e. The van der Waals surface area contributed by atoms with Gasteiger partial charge < -0.3 is 20.5 Å². The van der Waals surface area contributed by atoms with E-state index in [0.29, 0.717) is 25.6 Å². The summed E-state index contributed by atoms with van der Waals surface area (Å²) in [6.07, 6.45) is 3.59. The Bertz CT molecular complexity index is 479. The summed E-state index contributed by atoms with van der Waals surface area (Å²) in [5.74, 6) is 1.20. The highest BCUT2D eigenvalue weighted by molar-refractivity contribution is 5.73. The smallest absolute Gasteiger partial charge is 0.315 e. The van der Waals surface area contributed by atoms with Crippen LogP contribution in [0.2, 0.25) is 0 Å². The highest BCUT2D eigenvalue weighted by atomic mass is 16.5. The molecule has 0 aromatic heterocycles. The number of benzene rings is 1. The Labute approximate surface area is 132 Å². The summed E-state index contributed by atoms with van der Waals surface area (Å²) in [5, 5.41) is 15.4. The minimum atomic E-state index is -0.204. The van der Waals surface area contributed by atoms with Crippen LogP contribution in [-0.2, 0) is 6.54 Å². The molecule has 0 spiro atoms. The lowest BCUT2D eigenvalue weighted by Gasteiger charge is -2.25. The molecule has 122 valence electrons. The third-order valence-electron chi connectivity index (χ3n) is 3.97. The van der Waals surface area contributed by atoms with Crippen LogP contribution in [0.5, 0.6) is 5.75 Å². The van der Waals surface area contributed by atoms with Crippen molar-refractivity contribution < 1.29 is 14.6 Å². The van der Waals surface area contributed by atoms with Crippen LogP contribution in [-0.4, -0.2) is 30.4 Å². The van der Waals surface area contributed by atoms with E-state index in [1.165, 1.54) is 0 Å². The minimum absolute atomic E-state index is 0.165. The molecule has 0 saturated heterocycles. The molecule has 22 heavy (non-hydrogen) atoms. The average Bonchev–Trinajstić information content (AvgIpc) is 2.52. The van der Waals surface area contributed by atoms with Crippen molar-refractivity contribution in [2.45, 2.75) is 45.3 Å². The molecule has 2 unspecified atom stereocenters. The van der Waals surface area contributed by atoms with Gasteiger partial charge >= 0.3 is 6.03 Å². The van der Waals surface area contributed by atoms with Crippen molar-refractivity contribution in [1.82, 2.24) is 10.6 Å². The van der Waals surface area contributed by atoms with Crippen molar-refractivity contribution in [1.29, 1.82) is 0 Å². The van der Waals surface area contributed by atoms with Gasteiger partial charge in [-0.1, -0.05) is 18.6 Å². The normalized spacial score (nSPS) is 21.2. The second-order valence-corrected chi connectivity index (χ2v) is 5.83. The largest absolute Gasteiger partial charge is 0.494 e. The molecule has 3 N–H and O–H groups in total. The number of amides is 2. The summed E-state index contributed by atoms with van der Waals surface area (Å²) in [7, 11) is 0. The fourth-order valence-electron chi connectivity index (χ4n) is 2.84. The van der Waals surface area contributed by atoms with Crippen LogP contribution in [0.3, 0.4) is 0 Å². The van der Waals surface area contributed by atoms with E-state index in [4.69, 9.17) is 4.74 Å². The van der Waals surface area contributed by atoms with Gasteiger partial charge in [-0.05, 0) is 49.8 Å². The highest BCUT2D eigenvalue weighted by Crippen LogP contribution is 2.23. The van der Waals surface area contributed by atoms with Crippen LogP contribution < -0.4 is 15.4 Å². The van der Waals surface area contributed by atoms with E-state index < -0.39 is 0 Å². The SMILES string of the molecule is CCOc1cccc(CNC(=O)NCC2CCCC(O)C2)c1. The summed E-state index contributed by atoms with van der Waals surface area (Å²) in [6, 6.07) is 7.55. The molecule has 5 heteroatoms. The molecule has 1 saturated carbocycles. The minimum Gasteiger partial charge on any atom is -0.494 e. The Balaban J connectivity index is 1.70. The van der Waals surface area contributed by atoms with E-state index in [2.05, 4.69) is 10.6 Å². The maximum absolute atomic E-state index is 11.8. The number of ether oxygens (including phenoxy) is 1. The van der Waals surface area contributed by atoms with Gasteiger partial charge in [0.05, 0.1) is 12.7 Å². The van der Waals surface area contributed by atoms with E-state index in [9.17, 15) is 9.90 Å². The topological polar surface area (TPSA) is 70.6 Å². The molecule has 0 heterocycles. The average molecular weight is 306 g/mol. The van der Waals surface area contributed by atoms with Crippen molar-refractivity contribution in [2.75, 3.05) is 13.2 Å². The Morgan fingerprint density at radius 2 is 2.23 bits per heavy atom. The second-order valence-electron chi connectivity index (χ2n) is 5.83. The van der Waals surface area contributed by atoms with Gasteiger partial charge in [0.2, 0.25) is 0 Å². The fourth-order valence-corrected chi connectivity index (χ4v) is 2.84. The van der Waals surface area contributed by atoms with Crippen LogP contribution in [0, 0.1) is 5.92 Å². The number of urea groups is 1. The lowest BCUT2D eigenvalue weighted by Crippen LogP contribution is -2.39. The quantitative estimate of drug-likeness (QED) is 0.756.